The number of ether oxygens (including phenoxy) is 1. The molecule has 0 unspecified atom stereocenters. The van der Waals surface area contributed by atoms with E-state index in [1.165, 1.54) is 5.56 Å². The lowest BCUT2D eigenvalue weighted by molar-refractivity contribution is 0.414. The van der Waals surface area contributed by atoms with Gasteiger partial charge in [0, 0.05) is 0 Å². The lowest BCUT2D eigenvalue weighted by Gasteiger charge is -1.99. The molecule has 0 spiro atoms. The van der Waals surface area contributed by atoms with Gasteiger partial charge in [-0.15, -0.1) is 6.58 Å². The molecule has 1 aromatic rings. The van der Waals surface area contributed by atoms with Crippen molar-refractivity contribution >= 4 is 0 Å². The lowest BCUT2D eigenvalue weighted by Crippen LogP contribution is -1.83. The summed E-state index contributed by atoms with van der Waals surface area (Å²) >= 11 is 0. The molecule has 0 N–H and O–H groups in total. The van der Waals surface area contributed by atoms with Gasteiger partial charge in [0.25, 0.3) is 0 Å². The van der Waals surface area contributed by atoms with E-state index >= 15 is 0 Å². The average molecular weight is 178 g/mol. The fourth-order valence-corrected chi connectivity index (χ4v) is 0.861. The van der Waals surface area contributed by atoms with Gasteiger partial charge in [0.15, 0.2) is 0 Å². The quantitative estimate of drug-likeness (QED) is 0.630. The Balaban J connectivity index is 0.000000424. The van der Waals surface area contributed by atoms with Crippen LogP contribution < -0.4 is 4.74 Å². The maximum Gasteiger partial charge on any atom is 0.118 e. The third-order valence-corrected chi connectivity index (χ3v) is 1.57. The maximum absolute atomic E-state index is 5.01. The van der Waals surface area contributed by atoms with E-state index in [0.717, 1.165) is 12.2 Å². The molecule has 0 atom stereocenters. The fraction of sp³-hybridized carbons (Fsp3) is 0.333. The third kappa shape index (κ3) is 5.07. The van der Waals surface area contributed by atoms with Crippen LogP contribution in [0.1, 0.15) is 19.4 Å². The van der Waals surface area contributed by atoms with Gasteiger partial charge in [0.1, 0.15) is 5.75 Å². The van der Waals surface area contributed by atoms with Crippen molar-refractivity contribution in [2.75, 3.05) is 7.11 Å². The summed E-state index contributed by atoms with van der Waals surface area (Å²) < 4.78 is 5.01. The summed E-state index contributed by atoms with van der Waals surface area (Å²) in [4.78, 5) is 0. The molecule has 0 radical (unpaired) electrons. The number of methoxy groups -OCH3 is 1. The van der Waals surface area contributed by atoms with Crippen LogP contribution in [-0.2, 0) is 6.42 Å². The van der Waals surface area contributed by atoms with E-state index in [9.17, 15) is 0 Å². The molecule has 1 heteroatoms. The van der Waals surface area contributed by atoms with Crippen LogP contribution in [0, 0.1) is 0 Å². The topological polar surface area (TPSA) is 9.23 Å². The van der Waals surface area contributed by atoms with E-state index in [2.05, 4.69) is 25.6 Å². The second-order valence-electron chi connectivity index (χ2n) is 2.61. The van der Waals surface area contributed by atoms with Crippen molar-refractivity contribution in [3.05, 3.63) is 42.5 Å². The van der Waals surface area contributed by atoms with E-state index in [4.69, 9.17) is 4.74 Å². The highest BCUT2D eigenvalue weighted by atomic mass is 16.5. The largest absolute Gasteiger partial charge is 0.497 e. The number of rotatable bonds is 2. The lowest BCUT2D eigenvalue weighted by atomic mass is 10.2. The summed E-state index contributed by atoms with van der Waals surface area (Å²) in [5.74, 6) is 0.928. The summed E-state index contributed by atoms with van der Waals surface area (Å²) in [6, 6.07) is 8.13. The zero-order valence-electron chi connectivity index (χ0n) is 8.71. The zero-order chi connectivity index (χ0) is 10.1. The Hall–Kier alpha value is -1.24. The number of hydrogen-bond acceptors (Lipinski definition) is 1. The molecule has 72 valence electrons. The molecule has 0 bridgehead atoms. The molecular weight excluding hydrogens is 160 g/mol. The summed E-state index contributed by atoms with van der Waals surface area (Å²) in [5.41, 5.74) is 1.35. The Kier molecular flexibility index (Phi) is 6.70. The molecule has 1 nitrogen and oxygen atoms in total. The number of benzene rings is 1. The molecule has 0 fully saturated rings. The third-order valence-electron chi connectivity index (χ3n) is 1.57. The zero-order valence-corrected chi connectivity index (χ0v) is 8.71. The smallest absolute Gasteiger partial charge is 0.118 e. The normalized spacial score (nSPS) is 8.23. The van der Waals surface area contributed by atoms with Crippen LogP contribution in [0.2, 0.25) is 0 Å². The summed E-state index contributed by atoms with van der Waals surface area (Å²) in [7, 11) is 1.68. The summed E-state index contributed by atoms with van der Waals surface area (Å²) in [6.45, 7) is 7.39. The Morgan fingerprint density at radius 2 is 1.77 bits per heavy atom. The maximum atomic E-state index is 5.01. The first-order valence-corrected chi connectivity index (χ1v) is 4.48. The Bertz CT molecular complexity index is 200. The van der Waals surface area contributed by atoms with Gasteiger partial charge in [0.05, 0.1) is 7.11 Å². The van der Waals surface area contributed by atoms with Crippen molar-refractivity contribution in [2.45, 2.75) is 20.3 Å². The SMILES string of the molecule is C=CC.CCc1ccc(OC)cc1. The van der Waals surface area contributed by atoms with Crippen LogP contribution in [0.25, 0.3) is 0 Å². The number of aryl methyl sites for hydroxylation is 1. The Morgan fingerprint density at radius 1 is 1.31 bits per heavy atom. The Labute approximate surface area is 81.1 Å². The molecule has 0 heterocycles. The van der Waals surface area contributed by atoms with Crippen molar-refractivity contribution in [2.24, 2.45) is 0 Å². The van der Waals surface area contributed by atoms with E-state index in [-0.39, 0.29) is 0 Å². The predicted molar refractivity (Wildman–Crippen MR) is 58.2 cm³/mol. The van der Waals surface area contributed by atoms with E-state index in [1.807, 2.05) is 19.1 Å². The first-order chi connectivity index (χ1) is 6.28. The van der Waals surface area contributed by atoms with Gasteiger partial charge in [-0.25, -0.2) is 0 Å². The predicted octanol–water partition coefficient (Wildman–Crippen LogP) is 3.45. The highest BCUT2D eigenvalue weighted by Crippen LogP contribution is 2.10. The number of allylic oxidation sites excluding steroid dienone is 1. The molecule has 0 amide bonds. The molecule has 0 aliphatic carbocycles. The fourth-order valence-electron chi connectivity index (χ4n) is 0.861. The van der Waals surface area contributed by atoms with Crippen molar-refractivity contribution in [1.29, 1.82) is 0 Å². The first-order valence-electron chi connectivity index (χ1n) is 4.48. The number of hydrogen-bond donors (Lipinski definition) is 0. The minimum atomic E-state index is 0.928. The minimum Gasteiger partial charge on any atom is -0.497 e. The Morgan fingerprint density at radius 3 is 2.08 bits per heavy atom. The molecule has 0 aliphatic rings. The molecule has 0 saturated heterocycles. The molecule has 1 rings (SSSR count). The molecule has 1 aromatic carbocycles. The van der Waals surface area contributed by atoms with Crippen LogP contribution in [0.15, 0.2) is 36.9 Å². The first kappa shape index (κ1) is 11.8. The van der Waals surface area contributed by atoms with Crippen LogP contribution in [0.5, 0.6) is 5.75 Å². The van der Waals surface area contributed by atoms with Crippen molar-refractivity contribution in [3.63, 3.8) is 0 Å². The van der Waals surface area contributed by atoms with Crippen molar-refractivity contribution in [3.8, 4) is 5.75 Å². The van der Waals surface area contributed by atoms with Gasteiger partial charge in [-0.2, -0.15) is 0 Å². The minimum absolute atomic E-state index is 0.928. The highest BCUT2D eigenvalue weighted by molar-refractivity contribution is 5.26. The van der Waals surface area contributed by atoms with E-state index in [1.54, 1.807) is 13.2 Å². The van der Waals surface area contributed by atoms with Gasteiger partial charge < -0.3 is 4.74 Å². The van der Waals surface area contributed by atoms with Crippen molar-refractivity contribution < 1.29 is 4.74 Å². The van der Waals surface area contributed by atoms with Gasteiger partial charge in [-0.3, -0.25) is 0 Å². The monoisotopic (exact) mass is 178 g/mol. The summed E-state index contributed by atoms with van der Waals surface area (Å²) in [5, 5.41) is 0. The second-order valence-corrected chi connectivity index (χ2v) is 2.61. The molecule has 0 aromatic heterocycles. The van der Waals surface area contributed by atoms with Crippen LogP contribution >= 0.6 is 0 Å². The van der Waals surface area contributed by atoms with Crippen LogP contribution in [0.4, 0.5) is 0 Å². The van der Waals surface area contributed by atoms with Crippen molar-refractivity contribution in [1.82, 2.24) is 0 Å². The van der Waals surface area contributed by atoms with Crippen LogP contribution in [0.3, 0.4) is 0 Å². The van der Waals surface area contributed by atoms with Gasteiger partial charge >= 0.3 is 0 Å². The second kappa shape index (κ2) is 7.41. The molecule has 13 heavy (non-hydrogen) atoms. The van der Waals surface area contributed by atoms with Gasteiger partial charge in [0.2, 0.25) is 0 Å². The van der Waals surface area contributed by atoms with Gasteiger partial charge in [-0.05, 0) is 31.0 Å². The molecule has 0 aliphatic heterocycles. The average Bonchev–Trinajstić information content (AvgIpc) is 2.19. The molecule has 0 saturated carbocycles. The summed E-state index contributed by atoms with van der Waals surface area (Å²) in [6.07, 6.45) is 2.84. The van der Waals surface area contributed by atoms with Crippen LogP contribution in [-0.4, -0.2) is 7.11 Å². The van der Waals surface area contributed by atoms with E-state index in [0.29, 0.717) is 0 Å². The van der Waals surface area contributed by atoms with Gasteiger partial charge in [-0.1, -0.05) is 25.1 Å². The van der Waals surface area contributed by atoms with E-state index < -0.39 is 0 Å². The highest BCUT2D eigenvalue weighted by Gasteiger charge is 1.89. The standard InChI is InChI=1S/C9H12O.C3H6/c1-3-8-4-6-9(10-2)7-5-8;1-3-2/h4-7H,3H2,1-2H3;3H,1H2,2H3. The molecular formula is C12H18O.